The second-order valence-corrected chi connectivity index (χ2v) is 37.3. The molecule has 0 saturated carbocycles. The standard InChI is InChI=1S/C19H25Ge.2C15H23.FH.Sn/c1-12-8-14(3)18(15(4)9-12)20(7)19-16(5)10-13(2)11-17(19)6;2*1-10(2)13-7-14(11(3)4)9-15(8-13)12(5)6;;/h8-11,20H,7H2,1-6H3;2*7-8,10-12H,1-6H3;1H;/q;;;;+1/p-1. The van der Waals surface area contributed by atoms with E-state index >= 15 is 2.87 Å². The molecule has 4 rings (SSSR count). The molecule has 0 saturated heterocycles. The molecule has 0 aromatic heterocycles. The van der Waals surface area contributed by atoms with Gasteiger partial charge in [0, 0.05) is 0 Å². The molecule has 282 valence electrons. The molecule has 4 aromatic rings. The molecule has 0 atom stereocenters. The zero-order valence-corrected chi connectivity index (χ0v) is 41.5. The summed E-state index contributed by atoms with van der Waals surface area (Å²) in [5, 5.41) is 0. The van der Waals surface area contributed by atoms with Gasteiger partial charge in [-0.2, -0.15) is 0 Å². The Morgan fingerprint density at radius 2 is 0.673 bits per heavy atom. The van der Waals surface area contributed by atoms with Crippen molar-refractivity contribution in [3.63, 3.8) is 0 Å². The molecule has 0 spiro atoms. The molecule has 0 radical (unpaired) electrons. The second-order valence-electron chi connectivity index (χ2n) is 18.3. The predicted molar refractivity (Wildman–Crippen MR) is 236 cm³/mol. The Bertz CT molecular complexity index is 1670. The van der Waals surface area contributed by atoms with Gasteiger partial charge < -0.3 is 0 Å². The summed E-state index contributed by atoms with van der Waals surface area (Å²) in [5.74, 6) is 1.70. The molecule has 0 unspecified atom stereocenters. The summed E-state index contributed by atoms with van der Waals surface area (Å²) in [6.07, 6.45) is 0. The average Bonchev–Trinajstić information content (AvgIpc) is 3.02. The Balaban J connectivity index is 2.36. The molecule has 0 nitrogen and oxygen atoms in total. The Kier molecular flexibility index (Phi) is 13.9. The molecular formula is C49H71FGeSn. The Morgan fingerprint density at radius 1 is 0.423 bits per heavy atom. The number of rotatable bonds is 12. The molecule has 0 bridgehead atoms. The van der Waals surface area contributed by atoms with Gasteiger partial charge in [0.25, 0.3) is 0 Å². The van der Waals surface area contributed by atoms with Crippen molar-refractivity contribution >= 4 is 49.2 Å². The van der Waals surface area contributed by atoms with Gasteiger partial charge in [0.2, 0.25) is 0 Å². The summed E-state index contributed by atoms with van der Waals surface area (Å²) >= 11 is -8.10. The maximum atomic E-state index is 21.0. The number of aryl methyl sites for hydroxylation is 6. The third-order valence-electron chi connectivity index (χ3n) is 11.7. The van der Waals surface area contributed by atoms with Crippen LogP contribution >= 0.6 is 0 Å². The molecule has 3 heteroatoms. The number of hydrogen-bond acceptors (Lipinski definition) is 0. The first-order chi connectivity index (χ1) is 24.1. The first kappa shape index (κ1) is 42.9. The Morgan fingerprint density at radius 3 is 0.885 bits per heavy atom. The minimum absolute atomic E-state index is 0.231. The number of hydrogen-bond donors (Lipinski definition) is 0. The van der Waals surface area contributed by atoms with Gasteiger partial charge in [-0.25, -0.2) is 0 Å². The predicted octanol–water partition coefficient (Wildman–Crippen LogP) is 11.9. The zero-order valence-electron chi connectivity index (χ0n) is 36.2. The van der Waals surface area contributed by atoms with Crippen molar-refractivity contribution in [1.82, 2.24) is 0 Å². The van der Waals surface area contributed by atoms with E-state index < -0.39 is 33.3 Å². The van der Waals surface area contributed by atoms with Crippen molar-refractivity contribution in [3.05, 3.63) is 115 Å². The van der Waals surface area contributed by atoms with Gasteiger partial charge in [0.1, 0.15) is 0 Å². The maximum absolute atomic E-state index is 21.0. The van der Waals surface area contributed by atoms with Crippen LogP contribution in [0.3, 0.4) is 0 Å². The molecule has 0 aliphatic rings. The fraction of sp³-hybridized carbons (Fsp3) is 0.510. The van der Waals surface area contributed by atoms with Crippen LogP contribution in [0.2, 0.25) is 3.27 Å². The normalized spacial score (nSPS) is 12.7. The van der Waals surface area contributed by atoms with E-state index in [9.17, 15) is 0 Å². The Hall–Kier alpha value is -1.85. The van der Waals surface area contributed by atoms with Crippen LogP contribution in [0.1, 0.15) is 185 Å². The van der Waals surface area contributed by atoms with Crippen molar-refractivity contribution < 1.29 is 2.87 Å². The minimum atomic E-state index is -5.20. The summed E-state index contributed by atoms with van der Waals surface area (Å²) in [4.78, 5) is 0. The van der Waals surface area contributed by atoms with E-state index in [1.807, 2.05) is 0 Å². The molecule has 0 amide bonds. The third-order valence-corrected chi connectivity index (χ3v) is 42.7. The SMILES string of the molecule is Cc1cc(C)[c]([GeH]([CH2][Sn]([F])([c]2c(C(C)C)cc(C(C)C)cc2C(C)C)[c]2c(C(C)C)cc(C(C)C)cc2C(C)C)[c]2c(C)cc(C)cc2C)c(C)c1. The fourth-order valence-corrected chi connectivity index (χ4v) is 48.6. The third kappa shape index (κ3) is 8.67. The van der Waals surface area contributed by atoms with Gasteiger partial charge in [0.15, 0.2) is 0 Å². The molecule has 0 heterocycles. The van der Waals surface area contributed by atoms with Gasteiger partial charge in [-0.1, -0.05) is 0 Å². The summed E-state index contributed by atoms with van der Waals surface area (Å²) in [5.41, 5.74) is 15.9. The van der Waals surface area contributed by atoms with Gasteiger partial charge in [0.05, 0.1) is 0 Å². The van der Waals surface area contributed by atoms with E-state index in [1.165, 1.54) is 82.7 Å². The average molecular weight is 870 g/mol. The van der Waals surface area contributed by atoms with Crippen molar-refractivity contribution in [2.75, 3.05) is 0 Å². The van der Waals surface area contributed by atoms with E-state index in [2.05, 4.69) is 173 Å². The Labute approximate surface area is 328 Å². The molecular weight excluding hydrogens is 799 g/mol. The van der Waals surface area contributed by atoms with E-state index in [4.69, 9.17) is 0 Å². The summed E-state index contributed by atoms with van der Waals surface area (Å²) in [6.45, 7) is 41.4. The first-order valence-corrected chi connectivity index (χ1v) is 30.4. The molecule has 0 N–H and O–H groups in total. The fourth-order valence-electron chi connectivity index (χ4n) is 9.27. The van der Waals surface area contributed by atoms with E-state index in [0.29, 0.717) is 11.8 Å². The van der Waals surface area contributed by atoms with Gasteiger partial charge in [-0.3, -0.25) is 0 Å². The van der Waals surface area contributed by atoms with E-state index in [1.54, 1.807) is 0 Å². The molecule has 52 heavy (non-hydrogen) atoms. The van der Waals surface area contributed by atoms with Gasteiger partial charge in [-0.15, -0.1) is 0 Å². The topological polar surface area (TPSA) is 0 Å². The number of halogens is 1. The monoisotopic (exact) mass is 872 g/mol. The second kappa shape index (κ2) is 16.9. The van der Waals surface area contributed by atoms with Crippen LogP contribution in [0, 0.1) is 41.5 Å². The van der Waals surface area contributed by atoms with Crippen LogP contribution in [0.4, 0.5) is 2.87 Å². The van der Waals surface area contributed by atoms with Crippen LogP contribution in [0.25, 0.3) is 0 Å². The van der Waals surface area contributed by atoms with E-state index in [-0.39, 0.29) is 23.7 Å². The zero-order chi connectivity index (χ0) is 39.1. The van der Waals surface area contributed by atoms with Crippen LogP contribution < -0.4 is 16.0 Å². The van der Waals surface area contributed by atoms with Gasteiger partial charge in [-0.05, 0) is 0 Å². The van der Waals surface area contributed by atoms with Crippen LogP contribution in [0.5, 0.6) is 0 Å². The van der Waals surface area contributed by atoms with E-state index in [0.717, 1.165) is 3.27 Å². The number of benzene rings is 4. The van der Waals surface area contributed by atoms with Crippen molar-refractivity contribution in [2.24, 2.45) is 0 Å². The van der Waals surface area contributed by atoms with Crippen molar-refractivity contribution in [1.29, 1.82) is 0 Å². The summed E-state index contributed by atoms with van der Waals surface area (Å²) < 4.78 is 27.1. The molecule has 0 aliphatic carbocycles. The van der Waals surface area contributed by atoms with Crippen LogP contribution in [0.15, 0.2) is 48.5 Å². The molecule has 0 aliphatic heterocycles. The van der Waals surface area contributed by atoms with Gasteiger partial charge >= 0.3 is 331 Å². The van der Waals surface area contributed by atoms with Crippen molar-refractivity contribution in [2.45, 2.75) is 163 Å². The molecule has 4 aromatic carbocycles. The summed E-state index contributed by atoms with van der Waals surface area (Å²) in [7, 11) is 0. The van der Waals surface area contributed by atoms with Crippen LogP contribution in [-0.2, 0) is 0 Å². The first-order valence-electron chi connectivity index (χ1n) is 20.3. The van der Waals surface area contributed by atoms with Crippen LogP contribution in [-0.4, -0.2) is 33.3 Å². The molecule has 0 fully saturated rings. The van der Waals surface area contributed by atoms with Crippen molar-refractivity contribution in [3.8, 4) is 0 Å². The summed E-state index contributed by atoms with van der Waals surface area (Å²) in [6, 6.07) is 19.2. The quantitative estimate of drug-likeness (QED) is 0.124.